The molecule has 2 atom stereocenters. The van der Waals surface area contributed by atoms with Crippen molar-refractivity contribution in [1.29, 1.82) is 0 Å². The van der Waals surface area contributed by atoms with Gasteiger partial charge in [0.25, 0.3) is 5.91 Å². The van der Waals surface area contributed by atoms with Gasteiger partial charge in [-0.25, -0.2) is 4.79 Å². The molecule has 1 spiro atoms. The van der Waals surface area contributed by atoms with Crippen LogP contribution in [0.5, 0.6) is 0 Å². The molecule has 0 unspecified atom stereocenters. The standard InChI is InChI=1S/C20H27ClN2O4/c1-13-7-9-20(10-8-13)18(25)23(19(26)22-20)11-17(24)12-27-14(2)15-3-5-16(21)6-4-15/h3-6,13-14,17,24H,7-12H2,1-2H3,(H,22,26)/t13?,14-,17+,20?/m1/s1. The lowest BCUT2D eigenvalue weighted by molar-refractivity contribution is -0.134. The zero-order valence-corrected chi connectivity index (χ0v) is 16.5. The molecule has 6 nitrogen and oxygen atoms in total. The number of aliphatic hydroxyl groups is 1. The van der Waals surface area contributed by atoms with E-state index in [1.807, 2.05) is 19.1 Å². The Bertz CT molecular complexity index is 686. The number of carbonyl (C=O) groups excluding carboxylic acids is 2. The number of β-amino-alcohol motifs (C(OH)–C–C–N with tert-alkyl or cyclic N) is 1. The molecular weight excluding hydrogens is 368 g/mol. The van der Waals surface area contributed by atoms with E-state index < -0.39 is 17.7 Å². The molecule has 148 valence electrons. The van der Waals surface area contributed by atoms with Gasteiger partial charge in [0, 0.05) is 5.02 Å². The number of amides is 3. The molecule has 1 aromatic rings. The monoisotopic (exact) mass is 394 g/mol. The summed E-state index contributed by atoms with van der Waals surface area (Å²) < 4.78 is 5.70. The number of hydrogen-bond acceptors (Lipinski definition) is 4. The molecule has 1 aromatic carbocycles. The van der Waals surface area contributed by atoms with E-state index >= 15 is 0 Å². The van der Waals surface area contributed by atoms with Gasteiger partial charge in [0.05, 0.1) is 25.4 Å². The van der Waals surface area contributed by atoms with Crippen molar-refractivity contribution in [2.75, 3.05) is 13.2 Å². The fourth-order valence-corrected chi connectivity index (χ4v) is 3.91. The number of nitrogens with zero attached hydrogens (tertiary/aromatic N) is 1. The molecule has 1 saturated heterocycles. The van der Waals surface area contributed by atoms with E-state index in [2.05, 4.69) is 12.2 Å². The Morgan fingerprint density at radius 2 is 1.93 bits per heavy atom. The minimum atomic E-state index is -0.938. The van der Waals surface area contributed by atoms with Gasteiger partial charge in [0.2, 0.25) is 0 Å². The third-order valence-electron chi connectivity index (χ3n) is 5.65. The summed E-state index contributed by atoms with van der Waals surface area (Å²) in [7, 11) is 0. The summed E-state index contributed by atoms with van der Waals surface area (Å²) in [6.45, 7) is 4.01. The summed E-state index contributed by atoms with van der Waals surface area (Å²) in [6, 6.07) is 6.88. The van der Waals surface area contributed by atoms with Crippen LogP contribution < -0.4 is 5.32 Å². The highest BCUT2D eigenvalue weighted by Crippen LogP contribution is 2.36. The summed E-state index contributed by atoms with van der Waals surface area (Å²) in [4.78, 5) is 26.2. The molecule has 3 amide bonds. The topological polar surface area (TPSA) is 78.9 Å². The van der Waals surface area contributed by atoms with Crippen LogP contribution in [0.25, 0.3) is 0 Å². The molecule has 2 N–H and O–H groups in total. The third-order valence-corrected chi connectivity index (χ3v) is 5.90. The summed E-state index contributed by atoms with van der Waals surface area (Å²) in [5.41, 5.74) is 0.165. The number of hydrogen-bond donors (Lipinski definition) is 2. The van der Waals surface area contributed by atoms with Gasteiger partial charge in [-0.3, -0.25) is 9.69 Å². The smallest absolute Gasteiger partial charge is 0.325 e. The first-order chi connectivity index (χ1) is 12.8. The van der Waals surface area contributed by atoms with Gasteiger partial charge in [-0.2, -0.15) is 0 Å². The van der Waals surface area contributed by atoms with Gasteiger partial charge in [-0.05, 0) is 56.2 Å². The molecule has 3 rings (SSSR count). The summed E-state index contributed by atoms with van der Waals surface area (Å²) in [5.74, 6) is 0.354. The first-order valence-electron chi connectivity index (χ1n) is 9.50. The molecule has 0 aromatic heterocycles. The zero-order chi connectivity index (χ0) is 19.6. The Kier molecular flexibility index (Phi) is 6.08. The molecule has 1 aliphatic carbocycles. The number of benzene rings is 1. The number of halogens is 1. The third kappa shape index (κ3) is 4.45. The second kappa shape index (κ2) is 8.17. The van der Waals surface area contributed by atoms with Crippen LogP contribution in [0.15, 0.2) is 24.3 Å². The Morgan fingerprint density at radius 1 is 1.30 bits per heavy atom. The highest BCUT2D eigenvalue weighted by atomic mass is 35.5. The van der Waals surface area contributed by atoms with Crippen molar-refractivity contribution >= 4 is 23.5 Å². The van der Waals surface area contributed by atoms with Gasteiger partial charge in [0.1, 0.15) is 5.54 Å². The van der Waals surface area contributed by atoms with Crippen LogP contribution in [0.3, 0.4) is 0 Å². The molecule has 1 saturated carbocycles. The second-order valence-electron chi connectivity index (χ2n) is 7.79. The van der Waals surface area contributed by atoms with Crippen LogP contribution in [0.4, 0.5) is 4.79 Å². The largest absolute Gasteiger partial charge is 0.389 e. The lowest BCUT2D eigenvalue weighted by Gasteiger charge is -2.33. The fraction of sp³-hybridized carbons (Fsp3) is 0.600. The van der Waals surface area contributed by atoms with Crippen molar-refractivity contribution in [3.63, 3.8) is 0 Å². The molecule has 2 fully saturated rings. The maximum Gasteiger partial charge on any atom is 0.325 e. The molecule has 7 heteroatoms. The predicted molar refractivity (Wildman–Crippen MR) is 102 cm³/mol. The van der Waals surface area contributed by atoms with E-state index in [9.17, 15) is 14.7 Å². The molecular formula is C20H27ClN2O4. The number of ether oxygens (including phenoxy) is 1. The fourth-order valence-electron chi connectivity index (χ4n) is 3.78. The van der Waals surface area contributed by atoms with Crippen molar-refractivity contribution in [2.45, 2.75) is 57.3 Å². The number of urea groups is 1. The van der Waals surface area contributed by atoms with E-state index in [1.54, 1.807) is 12.1 Å². The van der Waals surface area contributed by atoms with Gasteiger partial charge in [-0.15, -0.1) is 0 Å². The highest BCUT2D eigenvalue weighted by molar-refractivity contribution is 6.30. The number of aliphatic hydroxyl groups excluding tert-OH is 1. The minimum Gasteiger partial charge on any atom is -0.389 e. The van der Waals surface area contributed by atoms with Crippen LogP contribution in [-0.2, 0) is 9.53 Å². The van der Waals surface area contributed by atoms with E-state index in [0.717, 1.165) is 23.3 Å². The quantitative estimate of drug-likeness (QED) is 0.726. The van der Waals surface area contributed by atoms with Crippen LogP contribution in [0.2, 0.25) is 5.02 Å². The van der Waals surface area contributed by atoms with E-state index in [1.165, 1.54) is 0 Å². The number of nitrogens with one attached hydrogen (secondary N) is 1. The molecule has 27 heavy (non-hydrogen) atoms. The maximum atomic E-state index is 12.8. The van der Waals surface area contributed by atoms with Crippen molar-refractivity contribution in [3.8, 4) is 0 Å². The Labute approximate surface area is 164 Å². The normalized spacial score (nSPS) is 27.7. The highest BCUT2D eigenvalue weighted by Gasteiger charge is 2.52. The Morgan fingerprint density at radius 3 is 2.56 bits per heavy atom. The summed E-state index contributed by atoms with van der Waals surface area (Å²) >= 11 is 5.88. The van der Waals surface area contributed by atoms with Crippen molar-refractivity contribution in [2.24, 2.45) is 5.92 Å². The molecule has 2 aliphatic rings. The maximum absolute atomic E-state index is 12.8. The van der Waals surface area contributed by atoms with Crippen molar-refractivity contribution in [3.05, 3.63) is 34.9 Å². The first-order valence-corrected chi connectivity index (χ1v) is 9.88. The summed E-state index contributed by atoms with van der Waals surface area (Å²) in [6.07, 6.45) is 2.00. The molecule has 0 bridgehead atoms. The second-order valence-corrected chi connectivity index (χ2v) is 8.23. The predicted octanol–water partition coefficient (Wildman–Crippen LogP) is 3.28. The summed E-state index contributed by atoms with van der Waals surface area (Å²) in [5, 5.41) is 13.8. The number of imide groups is 1. The van der Waals surface area contributed by atoms with Crippen molar-refractivity contribution < 1.29 is 19.4 Å². The van der Waals surface area contributed by atoms with Gasteiger partial charge in [-0.1, -0.05) is 30.7 Å². The number of rotatable bonds is 6. The van der Waals surface area contributed by atoms with Crippen LogP contribution in [0.1, 0.15) is 51.2 Å². The average Bonchev–Trinajstić information content (AvgIpc) is 2.87. The molecule has 0 radical (unpaired) electrons. The van der Waals surface area contributed by atoms with Gasteiger partial charge >= 0.3 is 6.03 Å². The van der Waals surface area contributed by atoms with E-state index in [4.69, 9.17) is 16.3 Å². The molecule has 1 heterocycles. The Hall–Kier alpha value is -1.63. The van der Waals surface area contributed by atoms with Crippen LogP contribution in [-0.4, -0.2) is 46.7 Å². The molecule has 1 aliphatic heterocycles. The zero-order valence-electron chi connectivity index (χ0n) is 15.8. The van der Waals surface area contributed by atoms with Crippen LogP contribution in [0, 0.1) is 5.92 Å². The van der Waals surface area contributed by atoms with Crippen molar-refractivity contribution in [1.82, 2.24) is 10.2 Å². The van der Waals surface area contributed by atoms with Crippen LogP contribution >= 0.6 is 11.6 Å². The van der Waals surface area contributed by atoms with E-state index in [-0.39, 0.29) is 25.2 Å². The van der Waals surface area contributed by atoms with E-state index in [0.29, 0.717) is 23.8 Å². The SMILES string of the molecule is CC1CCC2(CC1)NC(=O)N(C[C@H](O)CO[C@H](C)c1ccc(Cl)cc1)C2=O. The van der Waals surface area contributed by atoms with Gasteiger partial charge in [0.15, 0.2) is 0 Å². The average molecular weight is 395 g/mol. The lowest BCUT2D eigenvalue weighted by atomic mass is 9.77. The Balaban J connectivity index is 1.53. The number of carbonyl (C=O) groups is 2. The lowest BCUT2D eigenvalue weighted by Crippen LogP contribution is -2.49. The minimum absolute atomic E-state index is 0.0326. The first kappa shape index (κ1) is 20.1. The van der Waals surface area contributed by atoms with Gasteiger partial charge < -0.3 is 15.2 Å².